The van der Waals surface area contributed by atoms with Crippen molar-refractivity contribution < 1.29 is 9.47 Å². The molecule has 0 amide bonds. The van der Waals surface area contributed by atoms with Gasteiger partial charge in [0, 0.05) is 6.54 Å². The third kappa shape index (κ3) is 3.93. The maximum absolute atomic E-state index is 5.45. The second-order valence-corrected chi connectivity index (χ2v) is 4.31. The standard InChI is InChI=1S/C12H21NO2/c1-2-4-11(3-1)5-7-13-9-12-6-8-14-10-15-12/h3,12-13H,1-2,4-10H2. The summed E-state index contributed by atoms with van der Waals surface area (Å²) in [5, 5.41) is 3.46. The molecule has 1 aliphatic carbocycles. The second-order valence-electron chi connectivity index (χ2n) is 4.31. The zero-order chi connectivity index (χ0) is 10.3. The molecule has 0 aromatic heterocycles. The van der Waals surface area contributed by atoms with Crippen molar-refractivity contribution in [2.75, 3.05) is 26.5 Å². The van der Waals surface area contributed by atoms with Crippen LogP contribution in [0.3, 0.4) is 0 Å². The number of hydrogen-bond donors (Lipinski definition) is 1. The lowest BCUT2D eigenvalue weighted by atomic mass is 10.1. The first-order chi connectivity index (χ1) is 7.45. The smallest absolute Gasteiger partial charge is 0.147 e. The van der Waals surface area contributed by atoms with Gasteiger partial charge in [-0.05, 0) is 38.6 Å². The Hall–Kier alpha value is -0.380. The third-order valence-electron chi connectivity index (χ3n) is 3.10. The summed E-state index contributed by atoms with van der Waals surface area (Å²) in [6.45, 7) is 3.37. The van der Waals surface area contributed by atoms with Crippen molar-refractivity contribution in [3.05, 3.63) is 11.6 Å². The quantitative estimate of drug-likeness (QED) is 0.556. The number of hydrogen-bond acceptors (Lipinski definition) is 3. The Morgan fingerprint density at radius 2 is 2.47 bits per heavy atom. The van der Waals surface area contributed by atoms with Crippen LogP contribution in [0.1, 0.15) is 32.1 Å². The highest BCUT2D eigenvalue weighted by Gasteiger charge is 2.13. The van der Waals surface area contributed by atoms with Crippen molar-refractivity contribution in [3.63, 3.8) is 0 Å². The number of rotatable bonds is 5. The lowest BCUT2D eigenvalue weighted by molar-refractivity contribution is -0.137. The Morgan fingerprint density at radius 3 is 3.20 bits per heavy atom. The molecule has 2 aliphatic rings. The Bertz CT molecular complexity index is 210. The monoisotopic (exact) mass is 211 g/mol. The first kappa shape index (κ1) is 11.1. The van der Waals surface area contributed by atoms with Crippen LogP contribution in [0.2, 0.25) is 0 Å². The molecule has 3 nitrogen and oxygen atoms in total. The minimum Gasteiger partial charge on any atom is -0.355 e. The Balaban J connectivity index is 1.50. The first-order valence-electron chi connectivity index (χ1n) is 6.03. The fourth-order valence-electron chi connectivity index (χ4n) is 2.14. The molecule has 1 aliphatic heterocycles. The average molecular weight is 211 g/mol. The maximum Gasteiger partial charge on any atom is 0.147 e. The number of ether oxygens (including phenoxy) is 2. The molecule has 2 rings (SSSR count). The van der Waals surface area contributed by atoms with Crippen molar-refractivity contribution in [2.24, 2.45) is 0 Å². The van der Waals surface area contributed by atoms with Crippen LogP contribution in [-0.4, -0.2) is 32.6 Å². The molecule has 1 N–H and O–H groups in total. The highest BCUT2D eigenvalue weighted by molar-refractivity contribution is 5.07. The average Bonchev–Trinajstić information content (AvgIpc) is 2.79. The molecule has 0 spiro atoms. The summed E-state index contributed by atoms with van der Waals surface area (Å²) in [5.74, 6) is 0. The predicted molar refractivity (Wildman–Crippen MR) is 59.7 cm³/mol. The summed E-state index contributed by atoms with van der Waals surface area (Å²) in [6.07, 6.45) is 8.95. The van der Waals surface area contributed by atoms with Gasteiger partial charge in [0.15, 0.2) is 0 Å². The fraction of sp³-hybridized carbons (Fsp3) is 0.833. The van der Waals surface area contributed by atoms with E-state index >= 15 is 0 Å². The van der Waals surface area contributed by atoms with Gasteiger partial charge in [-0.25, -0.2) is 0 Å². The molecule has 1 fully saturated rings. The van der Waals surface area contributed by atoms with Crippen molar-refractivity contribution >= 4 is 0 Å². The van der Waals surface area contributed by atoms with Crippen LogP contribution in [0.4, 0.5) is 0 Å². The topological polar surface area (TPSA) is 30.5 Å². The minimum atomic E-state index is 0.358. The van der Waals surface area contributed by atoms with E-state index in [0.717, 1.165) is 26.1 Å². The number of allylic oxidation sites excluding steroid dienone is 1. The lowest BCUT2D eigenvalue weighted by Gasteiger charge is -2.23. The van der Waals surface area contributed by atoms with Crippen molar-refractivity contribution in [2.45, 2.75) is 38.2 Å². The minimum absolute atomic E-state index is 0.358. The van der Waals surface area contributed by atoms with Crippen LogP contribution < -0.4 is 5.32 Å². The summed E-state index contributed by atoms with van der Waals surface area (Å²) in [7, 11) is 0. The van der Waals surface area contributed by atoms with E-state index in [1.165, 1.54) is 25.7 Å². The maximum atomic E-state index is 5.45. The largest absolute Gasteiger partial charge is 0.355 e. The molecule has 0 aromatic rings. The SMILES string of the molecule is C1=C(CCNCC2CCOCO2)CCC1. The Morgan fingerprint density at radius 1 is 1.47 bits per heavy atom. The molecule has 0 aromatic carbocycles. The molecular weight excluding hydrogens is 190 g/mol. The van der Waals surface area contributed by atoms with E-state index in [-0.39, 0.29) is 0 Å². The van der Waals surface area contributed by atoms with Crippen LogP contribution in [0, 0.1) is 0 Å². The molecule has 86 valence electrons. The van der Waals surface area contributed by atoms with E-state index in [4.69, 9.17) is 9.47 Å². The predicted octanol–water partition coefficient (Wildman–Crippen LogP) is 1.84. The van der Waals surface area contributed by atoms with Gasteiger partial charge in [0.2, 0.25) is 0 Å². The van der Waals surface area contributed by atoms with Gasteiger partial charge < -0.3 is 14.8 Å². The van der Waals surface area contributed by atoms with E-state index in [1.54, 1.807) is 5.57 Å². The molecule has 1 unspecified atom stereocenters. The second kappa shape index (κ2) is 6.26. The van der Waals surface area contributed by atoms with Crippen LogP contribution in [0.5, 0.6) is 0 Å². The van der Waals surface area contributed by atoms with Crippen LogP contribution in [0.25, 0.3) is 0 Å². The first-order valence-corrected chi connectivity index (χ1v) is 6.03. The van der Waals surface area contributed by atoms with Crippen LogP contribution >= 0.6 is 0 Å². The fourth-order valence-corrected chi connectivity index (χ4v) is 2.14. The van der Waals surface area contributed by atoms with Gasteiger partial charge in [-0.1, -0.05) is 11.6 Å². The van der Waals surface area contributed by atoms with E-state index in [1.807, 2.05) is 0 Å². The van der Waals surface area contributed by atoms with Gasteiger partial charge >= 0.3 is 0 Å². The molecule has 0 bridgehead atoms. The van der Waals surface area contributed by atoms with Crippen molar-refractivity contribution in [1.29, 1.82) is 0 Å². The zero-order valence-electron chi connectivity index (χ0n) is 9.34. The highest BCUT2D eigenvalue weighted by Crippen LogP contribution is 2.19. The Kier molecular flexibility index (Phi) is 4.64. The molecule has 1 atom stereocenters. The molecule has 0 saturated carbocycles. The van der Waals surface area contributed by atoms with Crippen LogP contribution in [-0.2, 0) is 9.47 Å². The van der Waals surface area contributed by atoms with Gasteiger partial charge in [0.25, 0.3) is 0 Å². The molecule has 15 heavy (non-hydrogen) atoms. The van der Waals surface area contributed by atoms with Crippen molar-refractivity contribution in [3.8, 4) is 0 Å². The number of nitrogens with one attached hydrogen (secondary N) is 1. The van der Waals surface area contributed by atoms with Gasteiger partial charge in [-0.2, -0.15) is 0 Å². The van der Waals surface area contributed by atoms with Gasteiger partial charge in [0.05, 0.1) is 12.7 Å². The van der Waals surface area contributed by atoms with E-state index in [9.17, 15) is 0 Å². The lowest BCUT2D eigenvalue weighted by Crippen LogP contribution is -2.34. The van der Waals surface area contributed by atoms with E-state index < -0.39 is 0 Å². The van der Waals surface area contributed by atoms with Crippen LogP contribution in [0.15, 0.2) is 11.6 Å². The van der Waals surface area contributed by atoms with E-state index in [2.05, 4.69) is 11.4 Å². The summed E-state index contributed by atoms with van der Waals surface area (Å²) < 4.78 is 10.6. The van der Waals surface area contributed by atoms with E-state index in [0.29, 0.717) is 12.9 Å². The summed E-state index contributed by atoms with van der Waals surface area (Å²) >= 11 is 0. The third-order valence-corrected chi connectivity index (χ3v) is 3.10. The summed E-state index contributed by atoms with van der Waals surface area (Å²) in [5.41, 5.74) is 1.63. The molecule has 1 saturated heterocycles. The molecule has 3 heteroatoms. The molecule has 0 radical (unpaired) electrons. The Labute approximate surface area is 91.8 Å². The van der Waals surface area contributed by atoms with Gasteiger partial charge in [-0.15, -0.1) is 0 Å². The molecular formula is C12H21NO2. The van der Waals surface area contributed by atoms with Gasteiger partial charge in [-0.3, -0.25) is 0 Å². The summed E-state index contributed by atoms with van der Waals surface area (Å²) in [6, 6.07) is 0. The highest BCUT2D eigenvalue weighted by atomic mass is 16.7. The van der Waals surface area contributed by atoms with Gasteiger partial charge in [0.1, 0.15) is 6.79 Å². The summed E-state index contributed by atoms with van der Waals surface area (Å²) in [4.78, 5) is 0. The zero-order valence-corrected chi connectivity index (χ0v) is 9.34. The van der Waals surface area contributed by atoms with Crippen molar-refractivity contribution in [1.82, 2.24) is 5.32 Å². The molecule has 1 heterocycles. The normalized spacial score (nSPS) is 26.7.